The average molecular weight is 496 g/mol. The van der Waals surface area contributed by atoms with Gasteiger partial charge in [0.05, 0.1) is 13.2 Å². The van der Waals surface area contributed by atoms with Gasteiger partial charge in [-0.1, -0.05) is 37.6 Å². The van der Waals surface area contributed by atoms with Crippen LogP contribution in [0.2, 0.25) is 0 Å². The van der Waals surface area contributed by atoms with Gasteiger partial charge in [0.1, 0.15) is 5.52 Å². The lowest BCUT2D eigenvalue weighted by Crippen LogP contribution is -2.34. The van der Waals surface area contributed by atoms with E-state index in [9.17, 15) is 9.59 Å². The van der Waals surface area contributed by atoms with Crippen LogP contribution < -0.4 is 21.5 Å². The number of nitrogen functional groups attached to an aromatic ring is 1. The maximum Gasteiger partial charge on any atom is 0.328 e. The number of carbonyl (C=O) groups excluding carboxylic acids is 1. The quantitative estimate of drug-likeness (QED) is 0.349. The Kier molecular flexibility index (Phi) is 8.58. The van der Waals surface area contributed by atoms with Gasteiger partial charge in [0, 0.05) is 20.0 Å². The number of rotatable bonds is 11. The maximum absolute atomic E-state index is 12.6. The summed E-state index contributed by atoms with van der Waals surface area (Å²) in [5.41, 5.74) is 8.91. The first-order chi connectivity index (χ1) is 17.4. The molecular weight excluding hydrogens is 458 g/mol. The number of imidazole rings is 1. The molecule has 4 rings (SSSR count). The second-order valence-corrected chi connectivity index (χ2v) is 9.62. The molecule has 194 valence electrons. The number of benzene rings is 1. The number of anilines is 1. The predicted molar refractivity (Wildman–Crippen MR) is 140 cm³/mol. The Labute approximate surface area is 211 Å². The Balaban J connectivity index is 1.35. The summed E-state index contributed by atoms with van der Waals surface area (Å²) in [6.45, 7) is 8.35. The molecule has 0 aliphatic carbocycles. The van der Waals surface area contributed by atoms with Gasteiger partial charge in [-0.25, -0.2) is 4.79 Å². The number of nitrogens with zero attached hydrogens (tertiary/aromatic N) is 4. The summed E-state index contributed by atoms with van der Waals surface area (Å²) in [7, 11) is 0. The second kappa shape index (κ2) is 12.0. The first-order valence-corrected chi connectivity index (χ1v) is 12.9. The number of amides is 1. The molecule has 0 atom stereocenters. The fraction of sp³-hybridized carbons (Fsp3) is 0.538. The van der Waals surface area contributed by atoms with Crippen LogP contribution in [0.5, 0.6) is 6.01 Å². The van der Waals surface area contributed by atoms with Crippen LogP contribution >= 0.6 is 0 Å². The number of hydrogen-bond donors (Lipinski definition) is 3. The number of fused-ring (bicyclic) bond motifs is 1. The van der Waals surface area contributed by atoms with Crippen molar-refractivity contribution in [1.82, 2.24) is 29.7 Å². The molecule has 1 aliphatic rings. The maximum atomic E-state index is 12.6. The highest BCUT2D eigenvalue weighted by Crippen LogP contribution is 2.22. The number of piperidine rings is 1. The van der Waals surface area contributed by atoms with E-state index < -0.39 is 0 Å². The van der Waals surface area contributed by atoms with Gasteiger partial charge in [-0.05, 0) is 55.8 Å². The van der Waals surface area contributed by atoms with Gasteiger partial charge in [-0.2, -0.15) is 9.97 Å². The Morgan fingerprint density at radius 1 is 1.17 bits per heavy atom. The molecule has 10 nitrogen and oxygen atoms in total. The van der Waals surface area contributed by atoms with Gasteiger partial charge in [0.25, 0.3) is 0 Å². The number of ether oxygens (including phenoxy) is 1. The van der Waals surface area contributed by atoms with Crippen molar-refractivity contribution in [3.05, 3.63) is 45.9 Å². The van der Waals surface area contributed by atoms with Crippen molar-refractivity contribution in [2.45, 2.75) is 59.0 Å². The van der Waals surface area contributed by atoms with Crippen LogP contribution in [0.25, 0.3) is 11.2 Å². The molecule has 10 heteroatoms. The molecule has 0 bridgehead atoms. The van der Waals surface area contributed by atoms with E-state index in [-0.39, 0.29) is 23.4 Å². The molecule has 4 N–H and O–H groups in total. The van der Waals surface area contributed by atoms with Crippen LogP contribution in [0.3, 0.4) is 0 Å². The molecule has 0 radical (unpaired) electrons. The molecular formula is C26H37N7O3. The highest BCUT2D eigenvalue weighted by Gasteiger charge is 2.19. The summed E-state index contributed by atoms with van der Waals surface area (Å²) in [5.74, 6) is 0.931. The number of unbranched alkanes of at least 4 members (excludes halogenated alkanes) is 1. The number of hydrogen-bond acceptors (Lipinski definition) is 7. The van der Waals surface area contributed by atoms with Crippen LogP contribution in [0, 0.1) is 5.92 Å². The molecule has 1 amide bonds. The summed E-state index contributed by atoms with van der Waals surface area (Å²) in [4.78, 5) is 37.5. The van der Waals surface area contributed by atoms with Crippen molar-refractivity contribution >= 4 is 22.9 Å². The predicted octanol–water partition coefficient (Wildman–Crippen LogP) is 2.67. The number of likely N-dealkylation sites (tertiary alicyclic amines) is 1. The summed E-state index contributed by atoms with van der Waals surface area (Å²) >= 11 is 0. The van der Waals surface area contributed by atoms with Crippen molar-refractivity contribution in [1.29, 1.82) is 0 Å². The number of H-pyrrole nitrogens is 1. The third-order valence-corrected chi connectivity index (χ3v) is 6.76. The largest absolute Gasteiger partial charge is 0.463 e. The molecule has 3 heterocycles. The fourth-order valence-corrected chi connectivity index (χ4v) is 4.63. The number of nitrogens with two attached hydrogens (primary N) is 1. The van der Waals surface area contributed by atoms with Crippen LogP contribution in [0.1, 0.15) is 57.1 Å². The van der Waals surface area contributed by atoms with Crippen LogP contribution in [-0.4, -0.2) is 56.6 Å². The van der Waals surface area contributed by atoms with E-state index in [1.807, 2.05) is 0 Å². The zero-order valence-electron chi connectivity index (χ0n) is 21.3. The standard InChI is InChI=1S/C26H37N7O3/c1-3-4-15-36-25-30-23(27)22-24(31-25)33(26(35)29-22)17-21-7-5-20(6-8-21)16-32-13-10-19(11-14-32)9-12-28-18(2)34/h5-8,19H,3-4,9-17H2,1-2H3,(H,28,34)(H,29,35)(H2,27,30,31). The van der Waals surface area contributed by atoms with Crippen molar-refractivity contribution in [2.75, 3.05) is 32.0 Å². The molecule has 0 spiro atoms. The summed E-state index contributed by atoms with van der Waals surface area (Å²) < 4.78 is 7.19. The Bertz CT molecular complexity index is 1210. The van der Waals surface area contributed by atoms with Gasteiger partial charge >= 0.3 is 11.7 Å². The van der Waals surface area contributed by atoms with E-state index in [4.69, 9.17) is 10.5 Å². The summed E-state index contributed by atoms with van der Waals surface area (Å²) in [6, 6.07) is 8.56. The zero-order chi connectivity index (χ0) is 25.5. The Hall–Kier alpha value is -3.40. The minimum absolute atomic E-state index is 0.0454. The van der Waals surface area contributed by atoms with Crippen molar-refractivity contribution in [2.24, 2.45) is 5.92 Å². The van der Waals surface area contributed by atoms with Crippen LogP contribution in [0.15, 0.2) is 29.1 Å². The topological polar surface area (TPSA) is 131 Å². The third-order valence-electron chi connectivity index (χ3n) is 6.76. The van der Waals surface area contributed by atoms with Crippen molar-refractivity contribution < 1.29 is 9.53 Å². The van der Waals surface area contributed by atoms with Gasteiger partial charge in [0.15, 0.2) is 11.5 Å². The zero-order valence-corrected chi connectivity index (χ0v) is 21.3. The van der Waals surface area contributed by atoms with Gasteiger partial charge < -0.3 is 20.8 Å². The lowest BCUT2D eigenvalue weighted by molar-refractivity contribution is -0.119. The Morgan fingerprint density at radius 3 is 2.53 bits per heavy atom. The summed E-state index contributed by atoms with van der Waals surface area (Å²) in [5, 5.41) is 2.90. The van der Waals surface area contributed by atoms with E-state index in [0.29, 0.717) is 30.2 Å². The molecule has 0 unspecified atom stereocenters. The number of aromatic nitrogens is 4. The minimum Gasteiger partial charge on any atom is -0.463 e. The minimum atomic E-state index is -0.276. The van der Waals surface area contributed by atoms with E-state index in [2.05, 4.69) is 56.4 Å². The lowest BCUT2D eigenvalue weighted by Gasteiger charge is -2.32. The lowest BCUT2D eigenvalue weighted by atomic mass is 9.93. The van der Waals surface area contributed by atoms with E-state index >= 15 is 0 Å². The number of nitrogens with one attached hydrogen (secondary N) is 2. The Morgan fingerprint density at radius 2 is 1.86 bits per heavy atom. The normalized spacial score (nSPS) is 14.8. The van der Waals surface area contributed by atoms with Gasteiger partial charge in [-0.15, -0.1) is 0 Å². The highest BCUT2D eigenvalue weighted by molar-refractivity contribution is 5.81. The van der Waals surface area contributed by atoms with Crippen molar-refractivity contribution in [3.8, 4) is 6.01 Å². The second-order valence-electron chi connectivity index (χ2n) is 9.62. The van der Waals surface area contributed by atoms with Crippen molar-refractivity contribution in [3.63, 3.8) is 0 Å². The summed E-state index contributed by atoms with van der Waals surface area (Å²) in [6.07, 6.45) is 5.27. The van der Waals surface area contributed by atoms with Crippen LogP contribution in [-0.2, 0) is 17.9 Å². The SMILES string of the molecule is CCCCOc1nc(N)c2[nH]c(=O)n(Cc3ccc(CN4CCC(CCNC(C)=O)CC4)cc3)c2n1. The first kappa shape index (κ1) is 25.7. The smallest absolute Gasteiger partial charge is 0.328 e. The molecule has 36 heavy (non-hydrogen) atoms. The average Bonchev–Trinajstić information content (AvgIpc) is 3.17. The van der Waals surface area contributed by atoms with E-state index in [1.54, 1.807) is 11.5 Å². The van der Waals surface area contributed by atoms with E-state index in [1.165, 1.54) is 5.56 Å². The highest BCUT2D eigenvalue weighted by atomic mass is 16.5. The third kappa shape index (κ3) is 6.63. The number of carbonyl (C=O) groups is 1. The molecule has 3 aromatic rings. The fourth-order valence-electron chi connectivity index (χ4n) is 4.63. The van der Waals surface area contributed by atoms with Crippen LogP contribution in [0.4, 0.5) is 5.82 Å². The van der Waals surface area contributed by atoms with Gasteiger partial charge in [0.2, 0.25) is 5.91 Å². The monoisotopic (exact) mass is 495 g/mol. The van der Waals surface area contributed by atoms with E-state index in [0.717, 1.165) is 63.8 Å². The first-order valence-electron chi connectivity index (χ1n) is 12.9. The van der Waals surface area contributed by atoms with Gasteiger partial charge in [-0.3, -0.25) is 14.3 Å². The molecule has 1 fully saturated rings. The molecule has 0 saturated carbocycles. The number of aromatic amines is 1. The molecule has 2 aromatic heterocycles. The molecule has 1 saturated heterocycles. The molecule has 1 aromatic carbocycles. The molecule has 1 aliphatic heterocycles.